The normalized spacial score (nSPS) is 13.4. The Bertz CT molecular complexity index is 602. The summed E-state index contributed by atoms with van der Waals surface area (Å²) in [5, 5.41) is 2.46. The molecule has 0 saturated carbocycles. The maximum Gasteiger partial charge on any atom is 0.196 e. The van der Waals surface area contributed by atoms with Crippen molar-refractivity contribution in [3.05, 3.63) is 42.0 Å². The van der Waals surface area contributed by atoms with Gasteiger partial charge in [-0.05, 0) is 54.2 Å². The zero-order chi connectivity index (χ0) is 15.5. The summed E-state index contributed by atoms with van der Waals surface area (Å²) >= 11 is 0. The summed E-state index contributed by atoms with van der Waals surface area (Å²) in [6, 6.07) is 12.9. The first-order chi connectivity index (χ1) is 9.96. The van der Waals surface area contributed by atoms with E-state index in [4.69, 9.17) is 9.47 Å². The zero-order valence-corrected chi connectivity index (χ0v) is 13.8. The molecule has 2 nitrogen and oxygen atoms in total. The number of fused-ring (bicyclic) bond motifs is 1. The Labute approximate surface area is 128 Å². The third kappa shape index (κ3) is 3.76. The van der Waals surface area contributed by atoms with Gasteiger partial charge in [0.15, 0.2) is 6.29 Å². The van der Waals surface area contributed by atoms with E-state index in [9.17, 15) is 0 Å². The minimum atomic E-state index is -0.220. The van der Waals surface area contributed by atoms with Crippen LogP contribution in [-0.2, 0) is 10.2 Å². The molecule has 2 heteroatoms. The van der Waals surface area contributed by atoms with E-state index in [1.165, 1.54) is 16.3 Å². The maximum absolute atomic E-state index is 5.79. The second-order valence-corrected chi connectivity index (χ2v) is 6.10. The van der Waals surface area contributed by atoms with Crippen molar-refractivity contribution in [2.45, 2.75) is 52.7 Å². The first-order valence-electron chi connectivity index (χ1n) is 7.79. The quantitative estimate of drug-likeness (QED) is 0.672. The van der Waals surface area contributed by atoms with Gasteiger partial charge in [0, 0.05) is 6.61 Å². The lowest BCUT2D eigenvalue weighted by atomic mass is 9.81. The highest BCUT2D eigenvalue weighted by Crippen LogP contribution is 2.30. The predicted octanol–water partition coefficient (Wildman–Crippen LogP) is 5.29. The average molecular weight is 286 g/mol. The minimum absolute atomic E-state index is 0.198. The topological polar surface area (TPSA) is 18.5 Å². The van der Waals surface area contributed by atoms with Gasteiger partial charge in [-0.2, -0.15) is 0 Å². The zero-order valence-electron chi connectivity index (χ0n) is 13.8. The van der Waals surface area contributed by atoms with Crippen LogP contribution in [0.1, 0.15) is 46.6 Å². The van der Waals surface area contributed by atoms with E-state index in [0.717, 1.165) is 12.2 Å². The van der Waals surface area contributed by atoms with Gasteiger partial charge in [-0.15, -0.1) is 0 Å². The molecule has 0 spiro atoms. The van der Waals surface area contributed by atoms with E-state index in [-0.39, 0.29) is 11.7 Å². The van der Waals surface area contributed by atoms with Crippen LogP contribution in [0.25, 0.3) is 10.8 Å². The molecule has 2 aromatic rings. The fraction of sp³-hybridized carbons (Fsp3) is 0.474. The average Bonchev–Trinajstić information content (AvgIpc) is 2.46. The molecule has 1 atom stereocenters. The molecule has 0 N–H and O–H groups in total. The molecule has 1 unspecified atom stereocenters. The van der Waals surface area contributed by atoms with E-state index in [0.29, 0.717) is 6.61 Å². The Morgan fingerprint density at radius 3 is 2.38 bits per heavy atom. The third-order valence-corrected chi connectivity index (χ3v) is 4.18. The van der Waals surface area contributed by atoms with E-state index in [2.05, 4.69) is 51.1 Å². The fourth-order valence-corrected chi connectivity index (χ4v) is 2.38. The molecule has 0 fully saturated rings. The van der Waals surface area contributed by atoms with Crippen LogP contribution in [0.15, 0.2) is 36.4 Å². The lowest BCUT2D eigenvalue weighted by Gasteiger charge is -2.23. The van der Waals surface area contributed by atoms with Gasteiger partial charge in [-0.3, -0.25) is 0 Å². The van der Waals surface area contributed by atoms with Crippen molar-refractivity contribution in [3.63, 3.8) is 0 Å². The van der Waals surface area contributed by atoms with Crippen LogP contribution in [0.2, 0.25) is 0 Å². The fourth-order valence-electron chi connectivity index (χ4n) is 2.38. The molecular formula is C19H26O2. The van der Waals surface area contributed by atoms with Crippen molar-refractivity contribution >= 4 is 10.8 Å². The molecule has 2 rings (SSSR count). The second-order valence-electron chi connectivity index (χ2n) is 6.10. The molecule has 0 aliphatic carbocycles. The van der Waals surface area contributed by atoms with Crippen molar-refractivity contribution < 1.29 is 9.47 Å². The lowest BCUT2D eigenvalue weighted by molar-refractivity contribution is -0.0612. The van der Waals surface area contributed by atoms with Gasteiger partial charge in [0.1, 0.15) is 5.75 Å². The second kappa shape index (κ2) is 6.48. The van der Waals surface area contributed by atoms with Crippen LogP contribution in [-0.4, -0.2) is 12.9 Å². The van der Waals surface area contributed by atoms with Crippen LogP contribution < -0.4 is 4.74 Å². The van der Waals surface area contributed by atoms with Gasteiger partial charge < -0.3 is 9.47 Å². The van der Waals surface area contributed by atoms with Crippen molar-refractivity contribution in [3.8, 4) is 5.75 Å². The minimum Gasteiger partial charge on any atom is -0.465 e. The number of hydrogen-bond donors (Lipinski definition) is 0. The summed E-state index contributed by atoms with van der Waals surface area (Å²) in [6.07, 6.45) is 0.901. The molecule has 114 valence electrons. The molecule has 0 bridgehead atoms. The number of hydrogen-bond acceptors (Lipinski definition) is 2. The van der Waals surface area contributed by atoms with Crippen LogP contribution in [0.5, 0.6) is 5.75 Å². The van der Waals surface area contributed by atoms with Gasteiger partial charge in [0.25, 0.3) is 0 Å². The smallest absolute Gasteiger partial charge is 0.196 e. The van der Waals surface area contributed by atoms with Crippen LogP contribution in [0.4, 0.5) is 0 Å². The lowest BCUT2D eigenvalue weighted by Crippen LogP contribution is -2.16. The standard InChI is InChI=1S/C19H26O2/c1-6-19(4,5)17-10-8-15-9-11-18(13-16(15)12-17)21-14(3)20-7-2/h8-14H,6-7H2,1-5H3. The highest BCUT2D eigenvalue weighted by Gasteiger charge is 2.18. The number of benzene rings is 2. The molecule has 0 aliphatic rings. The molecule has 0 saturated heterocycles. The van der Waals surface area contributed by atoms with E-state index >= 15 is 0 Å². The van der Waals surface area contributed by atoms with Crippen LogP contribution in [0, 0.1) is 0 Å². The molecule has 0 aromatic heterocycles. The van der Waals surface area contributed by atoms with E-state index < -0.39 is 0 Å². The first kappa shape index (κ1) is 15.8. The van der Waals surface area contributed by atoms with E-state index in [1.807, 2.05) is 19.9 Å². The summed E-state index contributed by atoms with van der Waals surface area (Å²) < 4.78 is 11.2. The van der Waals surface area contributed by atoms with Gasteiger partial charge in [0.2, 0.25) is 0 Å². The Hall–Kier alpha value is -1.54. The SMILES string of the molecule is CCOC(C)Oc1ccc2ccc(C(C)(C)CC)cc2c1. The van der Waals surface area contributed by atoms with Gasteiger partial charge in [-0.1, -0.05) is 45.0 Å². The number of rotatable bonds is 6. The molecule has 0 radical (unpaired) electrons. The summed E-state index contributed by atoms with van der Waals surface area (Å²) in [7, 11) is 0. The van der Waals surface area contributed by atoms with Gasteiger partial charge >= 0.3 is 0 Å². The Morgan fingerprint density at radius 1 is 1.00 bits per heavy atom. The van der Waals surface area contributed by atoms with Crippen molar-refractivity contribution in [2.24, 2.45) is 0 Å². The Kier molecular flexibility index (Phi) is 4.89. The van der Waals surface area contributed by atoms with Crippen molar-refractivity contribution in [1.82, 2.24) is 0 Å². The largest absolute Gasteiger partial charge is 0.465 e. The molecule has 0 heterocycles. The van der Waals surface area contributed by atoms with Crippen LogP contribution >= 0.6 is 0 Å². The summed E-state index contributed by atoms with van der Waals surface area (Å²) in [5.41, 5.74) is 1.57. The summed E-state index contributed by atoms with van der Waals surface area (Å²) in [5.74, 6) is 0.856. The molecule has 2 aromatic carbocycles. The molecule has 21 heavy (non-hydrogen) atoms. The highest BCUT2D eigenvalue weighted by molar-refractivity contribution is 5.84. The third-order valence-electron chi connectivity index (χ3n) is 4.18. The van der Waals surface area contributed by atoms with E-state index in [1.54, 1.807) is 0 Å². The molecular weight excluding hydrogens is 260 g/mol. The molecule has 0 aliphatic heterocycles. The monoisotopic (exact) mass is 286 g/mol. The molecule has 0 amide bonds. The summed E-state index contributed by atoms with van der Waals surface area (Å²) in [6.45, 7) is 11.3. The summed E-state index contributed by atoms with van der Waals surface area (Å²) in [4.78, 5) is 0. The number of ether oxygens (including phenoxy) is 2. The van der Waals surface area contributed by atoms with Crippen molar-refractivity contribution in [1.29, 1.82) is 0 Å². The first-order valence-corrected chi connectivity index (χ1v) is 7.79. The maximum atomic E-state index is 5.79. The van der Waals surface area contributed by atoms with Gasteiger partial charge in [0.05, 0.1) is 0 Å². The Balaban J connectivity index is 2.32. The Morgan fingerprint density at radius 2 is 1.71 bits per heavy atom. The van der Waals surface area contributed by atoms with Crippen molar-refractivity contribution in [2.75, 3.05) is 6.61 Å². The predicted molar refractivity (Wildman–Crippen MR) is 89.0 cm³/mol. The van der Waals surface area contributed by atoms with Gasteiger partial charge in [-0.25, -0.2) is 0 Å². The highest BCUT2D eigenvalue weighted by atomic mass is 16.7. The van der Waals surface area contributed by atoms with Crippen LogP contribution in [0.3, 0.4) is 0 Å².